The summed E-state index contributed by atoms with van der Waals surface area (Å²) in [6, 6.07) is 13.2. The number of H-pyrrole nitrogens is 1. The number of aromatic nitrogens is 1. The molecule has 0 fully saturated rings. The van der Waals surface area contributed by atoms with Gasteiger partial charge in [0.2, 0.25) is 5.56 Å². The van der Waals surface area contributed by atoms with Gasteiger partial charge in [-0.25, -0.2) is 0 Å². The molecule has 3 heteroatoms. The van der Waals surface area contributed by atoms with Gasteiger partial charge in [0.25, 0.3) is 0 Å². The van der Waals surface area contributed by atoms with Crippen LogP contribution in [0.5, 0.6) is 0 Å². The van der Waals surface area contributed by atoms with Crippen molar-refractivity contribution in [1.29, 1.82) is 0 Å². The summed E-state index contributed by atoms with van der Waals surface area (Å²) in [4.78, 5) is 26.8. The van der Waals surface area contributed by atoms with Gasteiger partial charge in [-0.15, -0.1) is 0 Å². The van der Waals surface area contributed by atoms with Crippen molar-refractivity contribution < 1.29 is 4.79 Å². The number of carbonyl (C=O) groups is 1. The Morgan fingerprint density at radius 2 is 1.85 bits per heavy atom. The first-order valence-corrected chi connectivity index (χ1v) is 6.89. The van der Waals surface area contributed by atoms with E-state index in [-0.39, 0.29) is 16.8 Å². The molecule has 0 saturated carbocycles. The van der Waals surface area contributed by atoms with Crippen LogP contribution in [0.25, 0.3) is 0 Å². The van der Waals surface area contributed by atoms with Crippen molar-refractivity contribution in [2.75, 3.05) is 0 Å². The molecule has 20 heavy (non-hydrogen) atoms. The molecule has 0 radical (unpaired) electrons. The Balaban J connectivity index is 1.95. The molecule has 0 spiro atoms. The van der Waals surface area contributed by atoms with Gasteiger partial charge in [-0.1, -0.05) is 37.3 Å². The van der Waals surface area contributed by atoms with Gasteiger partial charge in [0.15, 0.2) is 5.78 Å². The molecule has 3 nitrogen and oxygen atoms in total. The third kappa shape index (κ3) is 2.20. The number of aryl methyl sites for hydroxylation is 1. The van der Waals surface area contributed by atoms with Crippen molar-refractivity contribution >= 4 is 5.78 Å². The van der Waals surface area contributed by atoms with Crippen molar-refractivity contribution in [3.8, 4) is 0 Å². The van der Waals surface area contributed by atoms with Crippen molar-refractivity contribution in [2.24, 2.45) is 5.41 Å². The lowest BCUT2D eigenvalue weighted by Gasteiger charge is -2.33. The summed E-state index contributed by atoms with van der Waals surface area (Å²) < 4.78 is 0. The summed E-state index contributed by atoms with van der Waals surface area (Å²) in [5.74, 6) is 0.138. The van der Waals surface area contributed by atoms with E-state index in [0.717, 1.165) is 25.0 Å². The predicted molar refractivity (Wildman–Crippen MR) is 78.0 cm³/mol. The smallest absolute Gasteiger partial charge is 0.248 e. The number of hydrogen-bond acceptors (Lipinski definition) is 2. The number of pyridine rings is 1. The molecule has 1 N–H and O–H groups in total. The van der Waals surface area contributed by atoms with E-state index in [4.69, 9.17) is 0 Å². The minimum atomic E-state index is -0.382. The van der Waals surface area contributed by atoms with Crippen LogP contribution < -0.4 is 5.56 Å². The van der Waals surface area contributed by atoms with Gasteiger partial charge in [0, 0.05) is 22.7 Å². The monoisotopic (exact) mass is 267 g/mol. The van der Waals surface area contributed by atoms with Crippen LogP contribution in [0.3, 0.4) is 0 Å². The predicted octanol–water partition coefficient (Wildman–Crippen LogP) is 2.75. The van der Waals surface area contributed by atoms with E-state index < -0.39 is 0 Å². The highest BCUT2D eigenvalue weighted by molar-refractivity contribution is 6.02. The van der Waals surface area contributed by atoms with Gasteiger partial charge in [-0.05, 0) is 30.9 Å². The second kappa shape index (κ2) is 4.75. The summed E-state index contributed by atoms with van der Waals surface area (Å²) in [5, 5.41) is 0. The molecular formula is C17H17NO2. The van der Waals surface area contributed by atoms with Crippen LogP contribution in [0, 0.1) is 5.41 Å². The van der Waals surface area contributed by atoms with E-state index in [9.17, 15) is 9.59 Å². The van der Waals surface area contributed by atoms with Crippen molar-refractivity contribution in [3.63, 3.8) is 0 Å². The van der Waals surface area contributed by atoms with Crippen molar-refractivity contribution in [3.05, 3.63) is 69.6 Å². The summed E-state index contributed by atoms with van der Waals surface area (Å²) in [5.41, 5.74) is 2.12. The number of benzene rings is 1. The van der Waals surface area contributed by atoms with Gasteiger partial charge in [-0.3, -0.25) is 9.59 Å². The summed E-state index contributed by atoms with van der Waals surface area (Å²) in [6.07, 6.45) is 2.26. The Labute approximate surface area is 117 Å². The average Bonchev–Trinajstić information content (AvgIpc) is 2.45. The van der Waals surface area contributed by atoms with Crippen LogP contribution in [0.4, 0.5) is 0 Å². The molecule has 102 valence electrons. The third-order valence-corrected chi connectivity index (χ3v) is 4.16. The van der Waals surface area contributed by atoms with Gasteiger partial charge >= 0.3 is 0 Å². The molecule has 0 amide bonds. The third-order valence-electron chi connectivity index (χ3n) is 4.16. The summed E-state index contributed by atoms with van der Waals surface area (Å²) in [6.45, 7) is 2.02. The van der Waals surface area contributed by atoms with Gasteiger partial charge in [0.05, 0.1) is 0 Å². The summed E-state index contributed by atoms with van der Waals surface area (Å²) >= 11 is 0. The number of nitrogens with one attached hydrogen (secondary N) is 1. The minimum Gasteiger partial charge on any atom is -0.325 e. The Morgan fingerprint density at radius 3 is 2.60 bits per heavy atom. The van der Waals surface area contributed by atoms with E-state index in [1.165, 1.54) is 11.6 Å². The molecule has 1 aromatic heterocycles. The lowest BCUT2D eigenvalue weighted by atomic mass is 9.70. The van der Waals surface area contributed by atoms with Crippen molar-refractivity contribution in [2.45, 2.75) is 26.2 Å². The minimum absolute atomic E-state index is 0.136. The quantitative estimate of drug-likeness (QED) is 0.909. The van der Waals surface area contributed by atoms with Crippen LogP contribution in [0.15, 0.2) is 47.3 Å². The zero-order valence-electron chi connectivity index (χ0n) is 11.5. The largest absolute Gasteiger partial charge is 0.325 e. The number of Topliss-reactive ketones (excluding diaryl/α,β-unsaturated/α-hetero) is 1. The number of rotatable bonds is 2. The number of carbonyl (C=O) groups excluding carboxylic acids is 1. The lowest BCUT2D eigenvalue weighted by molar-refractivity contribution is 0.0782. The van der Waals surface area contributed by atoms with Crippen LogP contribution >= 0.6 is 0 Å². The molecule has 3 rings (SSSR count). The lowest BCUT2D eigenvalue weighted by Crippen LogP contribution is -2.36. The van der Waals surface area contributed by atoms with Crippen LogP contribution in [0.1, 0.15) is 35.0 Å². The molecule has 1 aromatic carbocycles. The van der Waals surface area contributed by atoms with Gasteiger partial charge < -0.3 is 4.98 Å². The average molecular weight is 267 g/mol. The highest BCUT2D eigenvalue weighted by atomic mass is 16.1. The molecular weight excluding hydrogens is 250 g/mol. The highest BCUT2D eigenvalue weighted by Crippen LogP contribution is 2.36. The van der Waals surface area contributed by atoms with Gasteiger partial charge in [-0.2, -0.15) is 0 Å². The van der Waals surface area contributed by atoms with Crippen LogP contribution in [0.2, 0.25) is 0 Å². The standard InChI is InChI=1S/C17H17NO2/c1-17(11-12-5-3-2-4-6-12)10-9-14-13(16(17)20)7-8-15(19)18-14/h2-8H,9-11H2,1H3,(H,18,19). The number of fused-ring (bicyclic) bond motifs is 1. The molecule has 1 atom stereocenters. The molecule has 1 aliphatic carbocycles. The molecule has 2 aromatic rings. The topological polar surface area (TPSA) is 49.9 Å². The van der Waals surface area contributed by atoms with Crippen LogP contribution in [-0.4, -0.2) is 10.8 Å². The van der Waals surface area contributed by atoms with E-state index in [2.05, 4.69) is 17.1 Å². The summed E-state index contributed by atoms with van der Waals surface area (Å²) in [7, 11) is 0. The zero-order chi connectivity index (χ0) is 14.2. The molecule has 1 aliphatic rings. The first-order valence-electron chi connectivity index (χ1n) is 6.89. The number of hydrogen-bond donors (Lipinski definition) is 1. The Hall–Kier alpha value is -2.16. The van der Waals surface area contributed by atoms with E-state index in [1.807, 2.05) is 25.1 Å². The Kier molecular flexibility index (Phi) is 3.05. The number of ketones is 1. The normalized spacial score (nSPS) is 21.6. The molecule has 0 saturated heterocycles. The maximum Gasteiger partial charge on any atom is 0.248 e. The number of aromatic amines is 1. The molecule has 1 unspecified atom stereocenters. The highest BCUT2D eigenvalue weighted by Gasteiger charge is 2.38. The maximum absolute atomic E-state index is 12.7. The Bertz CT molecular complexity index is 702. The second-order valence-electron chi connectivity index (χ2n) is 5.77. The Morgan fingerprint density at radius 1 is 1.10 bits per heavy atom. The fourth-order valence-corrected chi connectivity index (χ4v) is 2.98. The first kappa shape index (κ1) is 12.9. The van der Waals surface area contributed by atoms with E-state index in [1.54, 1.807) is 6.07 Å². The van der Waals surface area contributed by atoms with Crippen molar-refractivity contribution in [1.82, 2.24) is 4.98 Å². The fraction of sp³-hybridized carbons (Fsp3) is 0.294. The molecule has 0 aliphatic heterocycles. The zero-order valence-corrected chi connectivity index (χ0v) is 11.5. The molecule has 1 heterocycles. The fourth-order valence-electron chi connectivity index (χ4n) is 2.98. The molecule has 0 bridgehead atoms. The maximum atomic E-state index is 12.7. The first-order chi connectivity index (χ1) is 9.58. The second-order valence-corrected chi connectivity index (χ2v) is 5.77. The SMILES string of the molecule is CC1(Cc2ccccc2)CCc2[nH]c(=O)ccc2C1=O. The van der Waals surface area contributed by atoms with E-state index in [0.29, 0.717) is 5.56 Å². The van der Waals surface area contributed by atoms with Gasteiger partial charge in [0.1, 0.15) is 0 Å². The van der Waals surface area contributed by atoms with Crippen LogP contribution in [-0.2, 0) is 12.8 Å². The van der Waals surface area contributed by atoms with E-state index >= 15 is 0 Å².